The van der Waals surface area contributed by atoms with E-state index in [9.17, 15) is 9.59 Å². The fraction of sp³-hybridized carbons (Fsp3) is 0.316. The van der Waals surface area contributed by atoms with Gasteiger partial charge in [0.05, 0.1) is 12.5 Å². The lowest BCUT2D eigenvalue weighted by Crippen LogP contribution is -2.34. The SMILES string of the molecule is CC(=O)NC(CC(=O)N(C)CCc1ccncc1)c1cccc(Cl)c1. The minimum absolute atomic E-state index is 0.0345. The molecule has 1 atom stereocenters. The van der Waals surface area contributed by atoms with Crippen LogP contribution in [-0.2, 0) is 16.0 Å². The highest BCUT2D eigenvalue weighted by atomic mass is 35.5. The Labute approximate surface area is 153 Å². The summed E-state index contributed by atoms with van der Waals surface area (Å²) in [7, 11) is 1.77. The molecule has 6 heteroatoms. The van der Waals surface area contributed by atoms with Crippen LogP contribution >= 0.6 is 11.6 Å². The average Bonchev–Trinajstić information content (AvgIpc) is 2.59. The summed E-state index contributed by atoms with van der Waals surface area (Å²) in [5.41, 5.74) is 1.95. The van der Waals surface area contributed by atoms with Crippen molar-refractivity contribution in [3.63, 3.8) is 0 Å². The van der Waals surface area contributed by atoms with Crippen molar-refractivity contribution in [2.45, 2.75) is 25.8 Å². The van der Waals surface area contributed by atoms with Crippen LogP contribution in [0.15, 0.2) is 48.8 Å². The lowest BCUT2D eigenvalue weighted by atomic mass is 10.0. The van der Waals surface area contributed by atoms with Crippen molar-refractivity contribution in [2.24, 2.45) is 0 Å². The molecule has 0 fully saturated rings. The van der Waals surface area contributed by atoms with Gasteiger partial charge in [0.25, 0.3) is 0 Å². The van der Waals surface area contributed by atoms with Crippen LogP contribution in [0.1, 0.15) is 30.5 Å². The molecule has 0 spiro atoms. The summed E-state index contributed by atoms with van der Waals surface area (Å²) in [4.78, 5) is 29.7. The average molecular weight is 360 g/mol. The molecule has 1 aromatic carbocycles. The zero-order valence-electron chi connectivity index (χ0n) is 14.4. The van der Waals surface area contributed by atoms with Crippen LogP contribution in [0.25, 0.3) is 0 Å². The van der Waals surface area contributed by atoms with E-state index in [2.05, 4.69) is 10.3 Å². The zero-order chi connectivity index (χ0) is 18.2. The third-order valence-corrected chi connectivity index (χ3v) is 4.15. The van der Waals surface area contributed by atoms with Gasteiger partial charge in [0.15, 0.2) is 0 Å². The largest absolute Gasteiger partial charge is 0.349 e. The molecule has 1 heterocycles. The highest BCUT2D eigenvalue weighted by Crippen LogP contribution is 2.21. The fourth-order valence-corrected chi connectivity index (χ4v) is 2.72. The van der Waals surface area contributed by atoms with Gasteiger partial charge in [0.1, 0.15) is 0 Å². The van der Waals surface area contributed by atoms with Crippen LogP contribution in [-0.4, -0.2) is 35.3 Å². The van der Waals surface area contributed by atoms with Crippen molar-refractivity contribution in [2.75, 3.05) is 13.6 Å². The van der Waals surface area contributed by atoms with Crippen LogP contribution in [0.5, 0.6) is 0 Å². The number of halogens is 1. The monoisotopic (exact) mass is 359 g/mol. The number of nitrogens with one attached hydrogen (secondary N) is 1. The van der Waals surface area contributed by atoms with Crippen molar-refractivity contribution >= 4 is 23.4 Å². The number of carbonyl (C=O) groups is 2. The summed E-state index contributed by atoms with van der Waals surface area (Å²) in [5.74, 6) is -0.218. The summed E-state index contributed by atoms with van der Waals surface area (Å²) < 4.78 is 0. The molecule has 0 saturated heterocycles. The first-order valence-corrected chi connectivity index (χ1v) is 8.49. The summed E-state index contributed by atoms with van der Waals surface area (Å²) >= 11 is 6.03. The maximum absolute atomic E-state index is 12.5. The first kappa shape index (κ1) is 18.9. The normalized spacial score (nSPS) is 11.6. The van der Waals surface area contributed by atoms with E-state index in [-0.39, 0.29) is 18.2 Å². The quantitative estimate of drug-likeness (QED) is 0.826. The van der Waals surface area contributed by atoms with Crippen molar-refractivity contribution in [1.29, 1.82) is 0 Å². The van der Waals surface area contributed by atoms with Gasteiger partial charge in [0.2, 0.25) is 11.8 Å². The molecule has 0 bridgehead atoms. The molecule has 0 aliphatic carbocycles. The molecule has 1 aromatic heterocycles. The summed E-state index contributed by atoms with van der Waals surface area (Å²) in [6, 6.07) is 10.7. The van der Waals surface area contributed by atoms with Crippen LogP contribution < -0.4 is 5.32 Å². The van der Waals surface area contributed by atoms with Gasteiger partial charge in [-0.15, -0.1) is 0 Å². The number of nitrogens with zero attached hydrogens (tertiary/aromatic N) is 2. The standard InChI is InChI=1S/C19H22ClN3O2/c1-14(24)22-18(16-4-3-5-17(20)12-16)13-19(25)23(2)11-8-15-6-9-21-10-7-15/h3-7,9-10,12,18H,8,11,13H2,1-2H3,(H,22,24). The maximum atomic E-state index is 12.5. The molecule has 0 aliphatic heterocycles. The maximum Gasteiger partial charge on any atom is 0.224 e. The number of aromatic nitrogens is 1. The van der Waals surface area contributed by atoms with E-state index in [0.29, 0.717) is 11.6 Å². The van der Waals surface area contributed by atoms with Crippen LogP contribution in [0, 0.1) is 0 Å². The van der Waals surface area contributed by atoms with Gasteiger partial charge in [0, 0.05) is 37.9 Å². The lowest BCUT2D eigenvalue weighted by molar-refractivity contribution is -0.130. The summed E-state index contributed by atoms with van der Waals surface area (Å²) in [6.45, 7) is 2.04. The highest BCUT2D eigenvalue weighted by molar-refractivity contribution is 6.30. The van der Waals surface area contributed by atoms with Gasteiger partial charge in [-0.3, -0.25) is 14.6 Å². The number of carbonyl (C=O) groups excluding carboxylic acids is 2. The van der Waals surface area contributed by atoms with E-state index in [1.54, 1.807) is 36.5 Å². The molecule has 0 saturated carbocycles. The highest BCUT2D eigenvalue weighted by Gasteiger charge is 2.19. The summed E-state index contributed by atoms with van der Waals surface area (Å²) in [6.07, 6.45) is 4.42. The van der Waals surface area contributed by atoms with Gasteiger partial charge in [-0.2, -0.15) is 0 Å². The van der Waals surface area contributed by atoms with Crippen molar-refractivity contribution < 1.29 is 9.59 Å². The van der Waals surface area contributed by atoms with E-state index in [1.165, 1.54) is 6.92 Å². The number of hydrogen-bond donors (Lipinski definition) is 1. The Kier molecular flexibility index (Phi) is 6.95. The molecular weight excluding hydrogens is 338 g/mol. The van der Waals surface area contributed by atoms with E-state index >= 15 is 0 Å². The molecule has 2 amide bonds. The third-order valence-electron chi connectivity index (χ3n) is 3.92. The van der Waals surface area contributed by atoms with Crippen LogP contribution in [0.2, 0.25) is 5.02 Å². The smallest absolute Gasteiger partial charge is 0.224 e. The number of benzene rings is 1. The molecule has 0 radical (unpaired) electrons. The minimum Gasteiger partial charge on any atom is -0.349 e. The Hall–Kier alpha value is -2.40. The van der Waals surface area contributed by atoms with Gasteiger partial charge in [-0.1, -0.05) is 23.7 Å². The number of pyridine rings is 1. The van der Waals surface area contributed by atoms with Gasteiger partial charge in [-0.25, -0.2) is 0 Å². The van der Waals surface area contributed by atoms with E-state index in [0.717, 1.165) is 17.5 Å². The van der Waals surface area contributed by atoms with Crippen molar-refractivity contribution in [3.8, 4) is 0 Å². The molecular formula is C19H22ClN3O2. The molecule has 1 N–H and O–H groups in total. The molecule has 25 heavy (non-hydrogen) atoms. The molecule has 1 unspecified atom stereocenters. The predicted octanol–water partition coefficient (Wildman–Crippen LogP) is 3.00. The molecule has 0 aliphatic rings. The number of hydrogen-bond acceptors (Lipinski definition) is 3. The molecule has 2 rings (SSSR count). The Morgan fingerprint density at radius 1 is 1.24 bits per heavy atom. The third kappa shape index (κ3) is 6.19. The second kappa shape index (κ2) is 9.18. The topological polar surface area (TPSA) is 62.3 Å². The lowest BCUT2D eigenvalue weighted by Gasteiger charge is -2.23. The Morgan fingerprint density at radius 3 is 2.60 bits per heavy atom. The zero-order valence-corrected chi connectivity index (χ0v) is 15.2. The number of amides is 2. The summed E-state index contributed by atoms with van der Waals surface area (Å²) in [5, 5.41) is 3.40. The first-order valence-electron chi connectivity index (χ1n) is 8.11. The van der Waals surface area contributed by atoms with Gasteiger partial charge >= 0.3 is 0 Å². The second-order valence-electron chi connectivity index (χ2n) is 5.93. The van der Waals surface area contributed by atoms with E-state index in [1.807, 2.05) is 24.3 Å². The predicted molar refractivity (Wildman–Crippen MR) is 98.2 cm³/mol. The number of rotatable bonds is 7. The fourth-order valence-electron chi connectivity index (χ4n) is 2.52. The Bertz CT molecular complexity index is 722. The molecule has 132 valence electrons. The Morgan fingerprint density at radius 2 is 1.96 bits per heavy atom. The van der Waals surface area contributed by atoms with Crippen molar-refractivity contribution in [1.82, 2.24) is 15.2 Å². The Balaban J connectivity index is 1.99. The van der Waals surface area contributed by atoms with E-state index in [4.69, 9.17) is 11.6 Å². The number of likely N-dealkylation sites (N-methyl/N-ethyl adjacent to an activating group) is 1. The minimum atomic E-state index is -0.396. The van der Waals surface area contributed by atoms with Gasteiger partial charge in [-0.05, 0) is 41.8 Å². The van der Waals surface area contributed by atoms with Gasteiger partial charge < -0.3 is 10.2 Å². The first-order chi connectivity index (χ1) is 12.0. The van der Waals surface area contributed by atoms with Crippen LogP contribution in [0.4, 0.5) is 0 Å². The van der Waals surface area contributed by atoms with Crippen LogP contribution in [0.3, 0.4) is 0 Å². The van der Waals surface area contributed by atoms with E-state index < -0.39 is 6.04 Å². The van der Waals surface area contributed by atoms with Crippen molar-refractivity contribution in [3.05, 3.63) is 64.9 Å². The second-order valence-corrected chi connectivity index (χ2v) is 6.37. The molecule has 5 nitrogen and oxygen atoms in total. The molecule has 2 aromatic rings.